The third-order valence-corrected chi connectivity index (χ3v) is 4.05. The Hall–Kier alpha value is -3.21. The zero-order valence-corrected chi connectivity index (χ0v) is 13.3. The van der Waals surface area contributed by atoms with E-state index >= 15 is 0 Å². The summed E-state index contributed by atoms with van der Waals surface area (Å²) in [7, 11) is 1.85. The minimum atomic E-state index is -0.0436. The molecule has 0 fully saturated rings. The van der Waals surface area contributed by atoms with E-state index in [9.17, 15) is 4.79 Å². The Labute approximate surface area is 138 Å². The van der Waals surface area contributed by atoms with Crippen molar-refractivity contribution in [1.29, 1.82) is 0 Å². The van der Waals surface area contributed by atoms with Crippen LogP contribution in [0.15, 0.2) is 71.7 Å². The molecule has 5 nitrogen and oxygen atoms in total. The molecule has 2 heterocycles. The van der Waals surface area contributed by atoms with Gasteiger partial charge in [0.2, 0.25) is 0 Å². The van der Waals surface area contributed by atoms with Gasteiger partial charge in [-0.05, 0) is 10.8 Å². The van der Waals surface area contributed by atoms with Gasteiger partial charge in [0.25, 0.3) is 5.56 Å². The monoisotopic (exact) mass is 316 g/mol. The topological polar surface area (TPSA) is 52.7 Å². The quantitative estimate of drug-likeness (QED) is 0.584. The number of aryl methyl sites for hydroxylation is 1. The van der Waals surface area contributed by atoms with Crippen LogP contribution in [0.2, 0.25) is 0 Å². The van der Waals surface area contributed by atoms with Crippen LogP contribution < -0.4 is 5.56 Å². The van der Waals surface area contributed by atoms with Gasteiger partial charge in [0.05, 0.1) is 6.54 Å². The maximum absolute atomic E-state index is 12.3. The number of aromatic nitrogens is 4. The minimum Gasteiger partial charge on any atom is -0.307 e. The van der Waals surface area contributed by atoms with E-state index in [1.165, 1.54) is 0 Å². The molecule has 118 valence electrons. The van der Waals surface area contributed by atoms with E-state index in [1.54, 1.807) is 15.3 Å². The molecule has 4 aromatic rings. The molecular formula is C19H16N4O. The van der Waals surface area contributed by atoms with Crippen molar-refractivity contribution in [3.05, 3.63) is 83.0 Å². The van der Waals surface area contributed by atoms with Gasteiger partial charge in [-0.15, -0.1) is 0 Å². The van der Waals surface area contributed by atoms with Crippen molar-refractivity contribution >= 4 is 10.8 Å². The van der Waals surface area contributed by atoms with Gasteiger partial charge in [0.1, 0.15) is 5.82 Å². The number of fused-ring (bicyclic) bond motifs is 1. The first-order valence-corrected chi connectivity index (χ1v) is 7.75. The molecule has 4 rings (SSSR count). The molecule has 2 aromatic heterocycles. The second kappa shape index (κ2) is 5.77. The Morgan fingerprint density at radius 3 is 2.46 bits per heavy atom. The van der Waals surface area contributed by atoms with Crippen LogP contribution in [0.3, 0.4) is 0 Å². The standard InChI is InChI=1S/C19H16N4O/c1-22-17(20-19(21-22)14-7-3-2-4-8-14)13-23-12-16-10-6-5-9-15(16)11-18(23)24/h2-12H,13H2,1H3. The highest BCUT2D eigenvalue weighted by Gasteiger charge is 2.10. The van der Waals surface area contributed by atoms with Crippen LogP contribution in [-0.4, -0.2) is 19.3 Å². The van der Waals surface area contributed by atoms with Crippen LogP contribution in [0, 0.1) is 0 Å². The molecule has 0 radical (unpaired) electrons. The maximum atomic E-state index is 12.3. The highest BCUT2D eigenvalue weighted by atomic mass is 16.1. The molecule has 0 bridgehead atoms. The summed E-state index contributed by atoms with van der Waals surface area (Å²) in [5.74, 6) is 1.41. The highest BCUT2D eigenvalue weighted by Crippen LogP contribution is 2.15. The van der Waals surface area contributed by atoms with Gasteiger partial charge < -0.3 is 4.57 Å². The summed E-state index contributed by atoms with van der Waals surface area (Å²) in [5, 5.41) is 6.44. The fourth-order valence-corrected chi connectivity index (χ4v) is 2.75. The SMILES string of the molecule is Cn1nc(-c2ccccc2)nc1Cn1cc2ccccc2cc1=O. The second-order valence-electron chi connectivity index (χ2n) is 5.71. The molecule has 0 amide bonds. The Balaban J connectivity index is 1.72. The van der Waals surface area contributed by atoms with Gasteiger partial charge in [-0.3, -0.25) is 9.48 Å². The van der Waals surface area contributed by atoms with E-state index in [0.29, 0.717) is 12.4 Å². The van der Waals surface area contributed by atoms with Crippen LogP contribution >= 0.6 is 0 Å². The lowest BCUT2D eigenvalue weighted by Crippen LogP contribution is -2.20. The summed E-state index contributed by atoms with van der Waals surface area (Å²) < 4.78 is 3.39. The van der Waals surface area contributed by atoms with Crippen molar-refractivity contribution in [3.8, 4) is 11.4 Å². The minimum absolute atomic E-state index is 0.0436. The summed E-state index contributed by atoms with van der Waals surface area (Å²) in [4.78, 5) is 16.9. The number of pyridine rings is 1. The average Bonchev–Trinajstić information content (AvgIpc) is 2.97. The largest absolute Gasteiger partial charge is 0.307 e. The van der Waals surface area contributed by atoms with Crippen LogP contribution in [0.5, 0.6) is 0 Å². The molecule has 0 aliphatic rings. The third kappa shape index (κ3) is 2.60. The third-order valence-electron chi connectivity index (χ3n) is 4.05. The van der Waals surface area contributed by atoms with Crippen molar-refractivity contribution in [2.24, 2.45) is 7.05 Å². The smallest absolute Gasteiger partial charge is 0.251 e. The summed E-state index contributed by atoms with van der Waals surface area (Å²) in [6.07, 6.45) is 1.87. The highest BCUT2D eigenvalue weighted by molar-refractivity contribution is 5.81. The number of benzene rings is 2. The fourth-order valence-electron chi connectivity index (χ4n) is 2.75. The van der Waals surface area contributed by atoms with Gasteiger partial charge in [-0.25, -0.2) is 4.98 Å². The number of hydrogen-bond acceptors (Lipinski definition) is 3. The van der Waals surface area contributed by atoms with Gasteiger partial charge in [-0.1, -0.05) is 54.6 Å². The van der Waals surface area contributed by atoms with Crippen LogP contribution in [0.1, 0.15) is 5.82 Å². The van der Waals surface area contributed by atoms with Crippen molar-refractivity contribution in [2.75, 3.05) is 0 Å². The Kier molecular flexibility index (Phi) is 3.46. The predicted molar refractivity (Wildman–Crippen MR) is 93.7 cm³/mol. The Bertz CT molecular complexity index is 1060. The molecule has 0 N–H and O–H groups in total. The lowest BCUT2D eigenvalue weighted by atomic mass is 10.2. The fraction of sp³-hybridized carbons (Fsp3) is 0.105. The van der Waals surface area contributed by atoms with Gasteiger partial charge >= 0.3 is 0 Å². The second-order valence-corrected chi connectivity index (χ2v) is 5.71. The zero-order valence-electron chi connectivity index (χ0n) is 13.3. The van der Waals surface area contributed by atoms with E-state index in [0.717, 1.165) is 22.2 Å². The van der Waals surface area contributed by atoms with Crippen LogP contribution in [0.25, 0.3) is 22.2 Å². The average molecular weight is 316 g/mol. The Morgan fingerprint density at radius 2 is 1.67 bits per heavy atom. The van der Waals surface area contributed by atoms with E-state index in [2.05, 4.69) is 10.1 Å². The predicted octanol–water partition coefficient (Wildman–Crippen LogP) is 2.85. The number of hydrogen-bond donors (Lipinski definition) is 0. The summed E-state index contributed by atoms with van der Waals surface area (Å²) in [6.45, 7) is 0.389. The normalized spacial score (nSPS) is 11.0. The van der Waals surface area contributed by atoms with Crippen molar-refractivity contribution in [2.45, 2.75) is 6.54 Å². The molecule has 2 aromatic carbocycles. The Morgan fingerprint density at radius 1 is 0.958 bits per heavy atom. The first-order valence-electron chi connectivity index (χ1n) is 7.75. The molecule has 5 heteroatoms. The van der Waals surface area contributed by atoms with E-state index in [-0.39, 0.29) is 5.56 Å². The molecule has 0 atom stereocenters. The molecule has 0 aliphatic heterocycles. The zero-order chi connectivity index (χ0) is 16.5. The first-order chi connectivity index (χ1) is 11.7. The summed E-state index contributed by atoms with van der Waals surface area (Å²) in [5.41, 5.74) is 0.920. The lowest BCUT2D eigenvalue weighted by Gasteiger charge is -2.06. The molecule has 24 heavy (non-hydrogen) atoms. The molecule has 0 spiro atoms. The number of nitrogens with zero attached hydrogens (tertiary/aromatic N) is 4. The summed E-state index contributed by atoms with van der Waals surface area (Å²) in [6, 6.07) is 19.3. The van der Waals surface area contributed by atoms with Gasteiger partial charge in [0.15, 0.2) is 5.82 Å². The maximum Gasteiger partial charge on any atom is 0.251 e. The summed E-state index contributed by atoms with van der Waals surface area (Å²) >= 11 is 0. The van der Waals surface area contributed by atoms with Crippen molar-refractivity contribution in [1.82, 2.24) is 19.3 Å². The lowest BCUT2D eigenvalue weighted by molar-refractivity contribution is 0.643. The van der Waals surface area contributed by atoms with Crippen LogP contribution in [-0.2, 0) is 13.6 Å². The molecule has 0 saturated heterocycles. The van der Waals surface area contributed by atoms with Crippen molar-refractivity contribution < 1.29 is 0 Å². The number of rotatable bonds is 3. The van der Waals surface area contributed by atoms with Crippen LogP contribution in [0.4, 0.5) is 0 Å². The molecular weight excluding hydrogens is 300 g/mol. The van der Waals surface area contributed by atoms with E-state index in [4.69, 9.17) is 0 Å². The van der Waals surface area contributed by atoms with E-state index in [1.807, 2.05) is 67.8 Å². The van der Waals surface area contributed by atoms with Gasteiger partial charge in [-0.2, -0.15) is 5.10 Å². The molecule has 0 saturated carbocycles. The first kappa shape index (κ1) is 14.4. The van der Waals surface area contributed by atoms with Crippen molar-refractivity contribution in [3.63, 3.8) is 0 Å². The van der Waals surface area contributed by atoms with Gasteiger partial charge in [0, 0.05) is 24.9 Å². The van der Waals surface area contributed by atoms with E-state index < -0.39 is 0 Å². The molecule has 0 unspecified atom stereocenters. The molecule has 0 aliphatic carbocycles.